The Labute approximate surface area is 149 Å². The predicted octanol–water partition coefficient (Wildman–Crippen LogP) is 7.61. The fourth-order valence-corrected chi connectivity index (χ4v) is 3.06. The summed E-state index contributed by atoms with van der Waals surface area (Å²) in [4.78, 5) is 0. The Morgan fingerprint density at radius 3 is 1.75 bits per heavy atom. The molecule has 1 aromatic carbocycles. The first-order valence-electron chi connectivity index (χ1n) is 9.31. The molecule has 0 bridgehead atoms. The van der Waals surface area contributed by atoms with Crippen molar-refractivity contribution in [1.82, 2.24) is 0 Å². The maximum Gasteiger partial charge on any atom is 0.121 e. The summed E-state index contributed by atoms with van der Waals surface area (Å²) in [6, 6.07) is 4.78. The average Bonchev–Trinajstić information content (AvgIpc) is 2.51. The molecule has 1 unspecified atom stereocenters. The highest BCUT2D eigenvalue weighted by molar-refractivity contribution is 5.45. The number of benzene rings is 1. The molecular formula is C23H36O. The monoisotopic (exact) mass is 328 g/mol. The van der Waals surface area contributed by atoms with Gasteiger partial charge in [0.25, 0.3) is 0 Å². The fraction of sp³-hybridized carbons (Fsp3) is 0.565. The predicted molar refractivity (Wildman–Crippen MR) is 107 cm³/mol. The zero-order chi connectivity index (χ0) is 18.4. The van der Waals surface area contributed by atoms with Crippen molar-refractivity contribution >= 4 is 0 Å². The number of ether oxygens (including phenoxy) is 1. The minimum absolute atomic E-state index is 0.0567. The highest BCUT2D eigenvalue weighted by Crippen LogP contribution is 2.37. The van der Waals surface area contributed by atoms with Gasteiger partial charge in [0.2, 0.25) is 0 Å². The van der Waals surface area contributed by atoms with Crippen LogP contribution < -0.4 is 0 Å². The molecule has 1 nitrogen and oxygen atoms in total. The third-order valence-electron chi connectivity index (χ3n) is 4.47. The molecule has 1 heteroatoms. The molecule has 0 aliphatic rings. The van der Waals surface area contributed by atoms with Crippen LogP contribution in [0.15, 0.2) is 36.1 Å². The van der Waals surface area contributed by atoms with Gasteiger partial charge in [-0.05, 0) is 66.4 Å². The van der Waals surface area contributed by atoms with Crippen molar-refractivity contribution in [2.75, 3.05) is 0 Å². The Hall–Kier alpha value is -1.50. The standard InChI is InChI=1S/C23H36O/c1-10-11-18(8)14-24-19(9)23-21(16(4)5)12-20(15(2)3)13-22(23)17(6)7/h10-17,19H,1-9H3/b11-10+,18-14+. The lowest BCUT2D eigenvalue weighted by Gasteiger charge is -2.26. The van der Waals surface area contributed by atoms with Crippen molar-refractivity contribution in [3.05, 3.63) is 58.4 Å². The van der Waals surface area contributed by atoms with Gasteiger partial charge in [0.15, 0.2) is 0 Å². The molecule has 0 saturated heterocycles. The Morgan fingerprint density at radius 1 is 0.875 bits per heavy atom. The fourth-order valence-electron chi connectivity index (χ4n) is 3.06. The summed E-state index contributed by atoms with van der Waals surface area (Å²) in [7, 11) is 0. The summed E-state index contributed by atoms with van der Waals surface area (Å²) in [5.41, 5.74) is 6.79. The average molecular weight is 329 g/mol. The molecule has 0 aromatic heterocycles. The molecule has 0 N–H and O–H groups in total. The van der Waals surface area contributed by atoms with Gasteiger partial charge in [-0.3, -0.25) is 0 Å². The van der Waals surface area contributed by atoms with E-state index in [1.165, 1.54) is 22.3 Å². The van der Waals surface area contributed by atoms with Crippen molar-refractivity contribution < 1.29 is 4.74 Å². The molecule has 24 heavy (non-hydrogen) atoms. The van der Waals surface area contributed by atoms with Crippen molar-refractivity contribution in [1.29, 1.82) is 0 Å². The van der Waals surface area contributed by atoms with Crippen LogP contribution in [0.1, 0.15) is 108 Å². The largest absolute Gasteiger partial charge is 0.493 e. The lowest BCUT2D eigenvalue weighted by molar-refractivity contribution is 0.160. The maximum atomic E-state index is 6.11. The summed E-state index contributed by atoms with van der Waals surface area (Å²) in [5.74, 6) is 1.52. The van der Waals surface area contributed by atoms with Crippen molar-refractivity contribution in [3.63, 3.8) is 0 Å². The van der Waals surface area contributed by atoms with Crippen molar-refractivity contribution in [2.24, 2.45) is 0 Å². The molecule has 0 fully saturated rings. The minimum Gasteiger partial charge on any atom is -0.493 e. The zero-order valence-electron chi connectivity index (χ0n) is 17.1. The van der Waals surface area contributed by atoms with Crippen LogP contribution in [0.5, 0.6) is 0 Å². The zero-order valence-corrected chi connectivity index (χ0v) is 17.1. The van der Waals surface area contributed by atoms with E-state index in [9.17, 15) is 0 Å². The second kappa shape index (κ2) is 9.11. The van der Waals surface area contributed by atoms with Gasteiger partial charge in [-0.1, -0.05) is 65.8 Å². The highest BCUT2D eigenvalue weighted by Gasteiger charge is 2.21. The molecule has 1 rings (SSSR count). The second-order valence-electron chi connectivity index (χ2n) is 7.72. The van der Waals surface area contributed by atoms with E-state index in [2.05, 4.69) is 73.6 Å². The lowest BCUT2D eigenvalue weighted by atomic mass is 9.82. The molecule has 0 amide bonds. The molecule has 0 heterocycles. The Morgan fingerprint density at radius 2 is 1.38 bits per heavy atom. The summed E-state index contributed by atoms with van der Waals surface area (Å²) in [6.07, 6.45) is 6.05. The van der Waals surface area contributed by atoms with E-state index in [1.54, 1.807) is 0 Å². The Balaban J connectivity index is 3.40. The summed E-state index contributed by atoms with van der Waals surface area (Å²) < 4.78 is 6.11. The molecule has 0 radical (unpaired) electrons. The molecule has 0 aliphatic carbocycles. The SMILES string of the molecule is C/C=C/C(C)=C/OC(C)c1c(C(C)C)cc(C(C)C)cc1C(C)C. The summed E-state index contributed by atoms with van der Waals surface area (Å²) in [5, 5.41) is 0. The van der Waals surface area contributed by atoms with Crippen LogP contribution >= 0.6 is 0 Å². The number of hydrogen-bond donors (Lipinski definition) is 0. The van der Waals surface area contributed by atoms with Crippen LogP contribution in [-0.2, 0) is 4.74 Å². The molecule has 0 spiro atoms. The van der Waals surface area contributed by atoms with Crippen molar-refractivity contribution in [2.45, 2.75) is 86.2 Å². The maximum absolute atomic E-state index is 6.11. The van der Waals surface area contributed by atoms with Crippen LogP contribution in [0.3, 0.4) is 0 Å². The van der Waals surface area contributed by atoms with E-state index < -0.39 is 0 Å². The summed E-state index contributed by atoms with van der Waals surface area (Å²) >= 11 is 0. The van der Waals surface area contributed by atoms with E-state index in [0.717, 1.165) is 5.57 Å². The van der Waals surface area contributed by atoms with Crippen molar-refractivity contribution in [3.8, 4) is 0 Å². The minimum atomic E-state index is 0.0567. The van der Waals surface area contributed by atoms with E-state index in [-0.39, 0.29) is 6.10 Å². The van der Waals surface area contributed by atoms with Crippen LogP contribution in [-0.4, -0.2) is 0 Å². The first kappa shape index (κ1) is 20.5. The second-order valence-corrected chi connectivity index (χ2v) is 7.72. The molecule has 1 atom stereocenters. The van der Waals surface area contributed by atoms with Gasteiger partial charge in [-0.15, -0.1) is 0 Å². The highest BCUT2D eigenvalue weighted by atomic mass is 16.5. The van der Waals surface area contributed by atoms with Crippen LogP contribution in [0.2, 0.25) is 0 Å². The third-order valence-corrected chi connectivity index (χ3v) is 4.47. The van der Waals surface area contributed by atoms with E-state index >= 15 is 0 Å². The van der Waals surface area contributed by atoms with Gasteiger partial charge in [0, 0.05) is 0 Å². The number of allylic oxidation sites excluding steroid dienone is 3. The first-order valence-corrected chi connectivity index (χ1v) is 9.31. The van der Waals surface area contributed by atoms with Crippen LogP contribution in [0, 0.1) is 0 Å². The quantitative estimate of drug-likeness (QED) is 0.369. The van der Waals surface area contributed by atoms with Crippen LogP contribution in [0.4, 0.5) is 0 Å². The Kier molecular flexibility index (Phi) is 7.79. The van der Waals surface area contributed by atoms with Crippen LogP contribution in [0.25, 0.3) is 0 Å². The number of rotatable bonds is 7. The smallest absolute Gasteiger partial charge is 0.121 e. The Bertz CT molecular complexity index is 559. The molecule has 0 saturated carbocycles. The van der Waals surface area contributed by atoms with E-state index in [4.69, 9.17) is 4.74 Å². The van der Waals surface area contributed by atoms with Gasteiger partial charge in [0.1, 0.15) is 6.10 Å². The van der Waals surface area contributed by atoms with Gasteiger partial charge < -0.3 is 4.74 Å². The van der Waals surface area contributed by atoms with E-state index in [1.807, 2.05) is 19.3 Å². The molecule has 1 aromatic rings. The van der Waals surface area contributed by atoms with E-state index in [0.29, 0.717) is 17.8 Å². The van der Waals surface area contributed by atoms with Gasteiger partial charge in [-0.2, -0.15) is 0 Å². The van der Waals surface area contributed by atoms with Gasteiger partial charge in [-0.25, -0.2) is 0 Å². The number of hydrogen-bond acceptors (Lipinski definition) is 1. The first-order chi connectivity index (χ1) is 11.2. The molecule has 0 aliphatic heterocycles. The lowest BCUT2D eigenvalue weighted by Crippen LogP contribution is -2.10. The van der Waals surface area contributed by atoms with Gasteiger partial charge in [0.05, 0.1) is 6.26 Å². The van der Waals surface area contributed by atoms with Gasteiger partial charge >= 0.3 is 0 Å². The third kappa shape index (κ3) is 5.26. The molecular weight excluding hydrogens is 292 g/mol. The normalized spacial score (nSPS) is 14.2. The topological polar surface area (TPSA) is 9.23 Å². The summed E-state index contributed by atoms with van der Waals surface area (Å²) in [6.45, 7) is 19.9. The molecule has 134 valence electrons.